The first-order valence-corrected chi connectivity index (χ1v) is 8.31. The number of nitrogens with one attached hydrogen (secondary N) is 2. The van der Waals surface area contributed by atoms with Gasteiger partial charge in [-0.25, -0.2) is 4.79 Å². The van der Waals surface area contributed by atoms with E-state index in [-0.39, 0.29) is 11.9 Å². The van der Waals surface area contributed by atoms with E-state index in [2.05, 4.69) is 10.6 Å². The molecular weight excluding hydrogens is 322 g/mol. The standard InChI is InChI=1S/C18H19N3O4/c22-16-14-5-1-2-6-15(14)25-18(20-16)7-9-21(10-8-18)17(23)19-12-13-4-3-11-24-13/h1-6,11H,7-10,12H2,(H,19,23)(H,20,22). The molecule has 130 valence electrons. The van der Waals surface area contributed by atoms with Crippen LogP contribution >= 0.6 is 0 Å². The molecule has 3 amide bonds. The number of furan rings is 1. The molecule has 0 saturated carbocycles. The first kappa shape index (κ1) is 15.6. The zero-order valence-electron chi connectivity index (χ0n) is 13.7. The van der Waals surface area contributed by atoms with Crippen LogP contribution in [0.3, 0.4) is 0 Å². The van der Waals surface area contributed by atoms with E-state index >= 15 is 0 Å². The molecule has 0 radical (unpaired) electrons. The van der Waals surface area contributed by atoms with E-state index in [9.17, 15) is 9.59 Å². The number of carbonyl (C=O) groups excluding carboxylic acids is 2. The minimum absolute atomic E-state index is 0.127. The summed E-state index contributed by atoms with van der Waals surface area (Å²) in [4.78, 5) is 26.3. The van der Waals surface area contributed by atoms with E-state index in [1.807, 2.05) is 18.2 Å². The topological polar surface area (TPSA) is 83.8 Å². The minimum Gasteiger partial charge on any atom is -0.467 e. The van der Waals surface area contributed by atoms with E-state index in [0.717, 1.165) is 0 Å². The summed E-state index contributed by atoms with van der Waals surface area (Å²) in [6.07, 6.45) is 2.66. The maximum atomic E-state index is 12.3. The SMILES string of the molecule is O=C1NC2(CCN(C(=O)NCc3ccco3)CC2)Oc2ccccc21. The number of ether oxygens (including phenoxy) is 1. The Morgan fingerprint density at radius 3 is 2.76 bits per heavy atom. The minimum atomic E-state index is -0.733. The Morgan fingerprint density at radius 1 is 1.20 bits per heavy atom. The normalized spacial score (nSPS) is 18.2. The van der Waals surface area contributed by atoms with Crippen molar-refractivity contribution >= 4 is 11.9 Å². The molecule has 1 aromatic heterocycles. The number of amides is 3. The maximum Gasteiger partial charge on any atom is 0.317 e. The van der Waals surface area contributed by atoms with Gasteiger partial charge in [0.2, 0.25) is 0 Å². The third kappa shape index (κ3) is 3.05. The molecule has 7 nitrogen and oxygen atoms in total. The largest absolute Gasteiger partial charge is 0.467 e. The van der Waals surface area contributed by atoms with Gasteiger partial charge in [0, 0.05) is 25.9 Å². The monoisotopic (exact) mass is 341 g/mol. The number of urea groups is 1. The molecule has 1 aromatic carbocycles. The Morgan fingerprint density at radius 2 is 2.00 bits per heavy atom. The number of para-hydroxylation sites is 1. The summed E-state index contributed by atoms with van der Waals surface area (Å²) >= 11 is 0. The fourth-order valence-electron chi connectivity index (χ4n) is 3.24. The van der Waals surface area contributed by atoms with Gasteiger partial charge in [-0.3, -0.25) is 4.79 Å². The van der Waals surface area contributed by atoms with Crippen LogP contribution in [0.5, 0.6) is 5.75 Å². The quantitative estimate of drug-likeness (QED) is 0.876. The lowest BCUT2D eigenvalue weighted by Crippen LogP contribution is -2.62. The molecule has 25 heavy (non-hydrogen) atoms. The second kappa shape index (κ2) is 6.16. The van der Waals surface area contributed by atoms with Gasteiger partial charge in [-0.2, -0.15) is 0 Å². The molecule has 0 unspecified atom stereocenters. The van der Waals surface area contributed by atoms with Crippen LogP contribution in [0.15, 0.2) is 47.1 Å². The van der Waals surface area contributed by atoms with Gasteiger partial charge in [0.1, 0.15) is 11.5 Å². The zero-order valence-corrected chi connectivity index (χ0v) is 13.7. The summed E-state index contributed by atoms with van der Waals surface area (Å²) in [5.41, 5.74) is -0.185. The predicted molar refractivity (Wildman–Crippen MR) is 89.0 cm³/mol. The average molecular weight is 341 g/mol. The van der Waals surface area contributed by atoms with Gasteiger partial charge in [-0.15, -0.1) is 0 Å². The van der Waals surface area contributed by atoms with Crippen molar-refractivity contribution in [2.45, 2.75) is 25.1 Å². The summed E-state index contributed by atoms with van der Waals surface area (Å²) in [6, 6.07) is 10.7. The molecule has 0 aliphatic carbocycles. The number of nitrogens with zero attached hydrogens (tertiary/aromatic N) is 1. The summed E-state index contributed by atoms with van der Waals surface area (Å²) in [5.74, 6) is 1.18. The number of benzene rings is 1. The fraction of sp³-hybridized carbons (Fsp3) is 0.333. The number of fused-ring (bicyclic) bond motifs is 1. The Kier molecular flexibility index (Phi) is 3.83. The molecule has 3 heterocycles. The van der Waals surface area contributed by atoms with Gasteiger partial charge in [-0.05, 0) is 24.3 Å². The highest BCUT2D eigenvalue weighted by Gasteiger charge is 2.43. The van der Waals surface area contributed by atoms with E-state index in [4.69, 9.17) is 9.15 Å². The van der Waals surface area contributed by atoms with Crippen molar-refractivity contribution in [3.63, 3.8) is 0 Å². The lowest BCUT2D eigenvalue weighted by atomic mass is 9.97. The van der Waals surface area contributed by atoms with Crippen molar-refractivity contribution in [2.24, 2.45) is 0 Å². The van der Waals surface area contributed by atoms with Crippen LogP contribution in [-0.4, -0.2) is 35.7 Å². The third-order valence-corrected chi connectivity index (χ3v) is 4.63. The second-order valence-corrected chi connectivity index (χ2v) is 6.27. The van der Waals surface area contributed by atoms with E-state index in [1.54, 1.807) is 29.4 Å². The van der Waals surface area contributed by atoms with Gasteiger partial charge in [0.25, 0.3) is 5.91 Å². The number of likely N-dealkylation sites (tertiary alicyclic amines) is 1. The fourth-order valence-corrected chi connectivity index (χ4v) is 3.24. The summed E-state index contributed by atoms with van der Waals surface area (Å²) in [6.45, 7) is 1.37. The summed E-state index contributed by atoms with van der Waals surface area (Å²) in [7, 11) is 0. The second-order valence-electron chi connectivity index (χ2n) is 6.27. The zero-order chi connectivity index (χ0) is 17.3. The Bertz CT molecular complexity index is 779. The van der Waals surface area contributed by atoms with Crippen LogP contribution in [0.2, 0.25) is 0 Å². The van der Waals surface area contributed by atoms with Crippen LogP contribution < -0.4 is 15.4 Å². The van der Waals surface area contributed by atoms with Crippen molar-refractivity contribution in [3.8, 4) is 5.75 Å². The van der Waals surface area contributed by atoms with Gasteiger partial charge in [0.05, 0.1) is 18.4 Å². The first-order chi connectivity index (χ1) is 12.2. The lowest BCUT2D eigenvalue weighted by molar-refractivity contribution is -0.0212. The molecule has 7 heteroatoms. The lowest BCUT2D eigenvalue weighted by Gasteiger charge is -2.44. The predicted octanol–water partition coefficient (Wildman–Crippen LogP) is 2.10. The summed E-state index contributed by atoms with van der Waals surface area (Å²) in [5, 5.41) is 5.80. The Balaban J connectivity index is 1.37. The number of hydrogen-bond acceptors (Lipinski definition) is 4. The van der Waals surface area contributed by atoms with Crippen LogP contribution in [0.4, 0.5) is 4.79 Å². The van der Waals surface area contributed by atoms with Crippen molar-refractivity contribution in [1.29, 1.82) is 0 Å². The van der Waals surface area contributed by atoms with Crippen molar-refractivity contribution < 1.29 is 18.7 Å². The van der Waals surface area contributed by atoms with Crippen LogP contribution in [0.1, 0.15) is 29.0 Å². The number of hydrogen-bond donors (Lipinski definition) is 2. The van der Waals surface area contributed by atoms with E-state index < -0.39 is 5.72 Å². The molecule has 2 aromatic rings. The van der Waals surface area contributed by atoms with Gasteiger partial charge >= 0.3 is 6.03 Å². The van der Waals surface area contributed by atoms with E-state index in [1.165, 1.54) is 0 Å². The highest BCUT2D eigenvalue weighted by Crippen LogP contribution is 2.33. The van der Waals surface area contributed by atoms with Gasteiger partial charge in [-0.1, -0.05) is 12.1 Å². The molecule has 0 atom stereocenters. The summed E-state index contributed by atoms with van der Waals surface area (Å²) < 4.78 is 11.3. The number of rotatable bonds is 2. The van der Waals surface area contributed by atoms with E-state index in [0.29, 0.717) is 49.5 Å². The molecular formula is C18H19N3O4. The van der Waals surface area contributed by atoms with Crippen molar-refractivity contribution in [3.05, 3.63) is 54.0 Å². The van der Waals surface area contributed by atoms with Gasteiger partial charge < -0.3 is 24.7 Å². The van der Waals surface area contributed by atoms with Crippen molar-refractivity contribution in [1.82, 2.24) is 15.5 Å². The maximum absolute atomic E-state index is 12.3. The average Bonchev–Trinajstić information content (AvgIpc) is 3.14. The molecule has 1 saturated heterocycles. The van der Waals surface area contributed by atoms with Crippen molar-refractivity contribution in [2.75, 3.05) is 13.1 Å². The number of piperidine rings is 1. The van der Waals surface area contributed by atoms with Crippen LogP contribution in [0.25, 0.3) is 0 Å². The molecule has 2 aliphatic rings. The third-order valence-electron chi connectivity index (χ3n) is 4.63. The molecule has 2 N–H and O–H groups in total. The number of carbonyl (C=O) groups is 2. The van der Waals surface area contributed by atoms with Crippen LogP contribution in [-0.2, 0) is 6.54 Å². The molecule has 1 fully saturated rings. The molecule has 2 aliphatic heterocycles. The first-order valence-electron chi connectivity index (χ1n) is 8.31. The Hall–Kier alpha value is -2.96. The highest BCUT2D eigenvalue weighted by atomic mass is 16.5. The van der Waals surface area contributed by atoms with Crippen LogP contribution in [0, 0.1) is 0 Å². The molecule has 1 spiro atoms. The smallest absolute Gasteiger partial charge is 0.317 e. The Labute approximate surface area is 144 Å². The van der Waals surface area contributed by atoms with Gasteiger partial charge in [0.15, 0.2) is 5.72 Å². The highest BCUT2D eigenvalue weighted by molar-refractivity contribution is 5.98. The molecule has 4 rings (SSSR count). The molecule has 0 bridgehead atoms.